The molecule has 26 heavy (non-hydrogen) atoms. The Kier molecular flexibility index (Phi) is 5.68. The first-order chi connectivity index (χ1) is 12.6. The monoisotopic (exact) mass is 357 g/mol. The van der Waals surface area contributed by atoms with E-state index < -0.39 is 5.60 Å². The maximum Gasteiger partial charge on any atom is 0.316 e. The quantitative estimate of drug-likeness (QED) is 0.753. The zero-order valence-electron chi connectivity index (χ0n) is 15.1. The van der Waals surface area contributed by atoms with Crippen molar-refractivity contribution in [1.82, 2.24) is 14.9 Å². The van der Waals surface area contributed by atoms with E-state index in [0.29, 0.717) is 26.1 Å². The molecular weight excluding hydrogens is 334 g/mol. The summed E-state index contributed by atoms with van der Waals surface area (Å²) in [4.78, 5) is 22.0. The van der Waals surface area contributed by atoms with Gasteiger partial charge < -0.3 is 19.1 Å². The van der Waals surface area contributed by atoms with Gasteiger partial charge in [0.15, 0.2) is 6.61 Å². The average Bonchev–Trinajstić information content (AvgIpc) is 3.11. The molecule has 0 bridgehead atoms. The van der Waals surface area contributed by atoms with Crippen LogP contribution in [0, 0.1) is 6.92 Å². The molecule has 7 heteroatoms. The van der Waals surface area contributed by atoms with Crippen molar-refractivity contribution in [1.29, 1.82) is 0 Å². The van der Waals surface area contributed by atoms with Crippen molar-refractivity contribution in [2.75, 3.05) is 33.4 Å². The SMILES string of the molecule is CO[C@]1(COc2ccccc2C)CCN(C(=O)COc2ncccn2)C1. The molecule has 0 unspecified atom stereocenters. The number of hydrogen-bond donors (Lipinski definition) is 0. The molecule has 1 aromatic heterocycles. The third-order valence-electron chi connectivity index (χ3n) is 4.55. The molecule has 1 aliphatic heterocycles. The first-order valence-corrected chi connectivity index (χ1v) is 8.53. The summed E-state index contributed by atoms with van der Waals surface area (Å²) in [6.07, 6.45) is 3.85. The number of carbonyl (C=O) groups excluding carboxylic acids is 1. The Bertz CT molecular complexity index is 741. The number of aromatic nitrogens is 2. The predicted molar refractivity (Wildman–Crippen MR) is 95.1 cm³/mol. The topological polar surface area (TPSA) is 73.8 Å². The van der Waals surface area contributed by atoms with Gasteiger partial charge in [-0.1, -0.05) is 18.2 Å². The first-order valence-electron chi connectivity index (χ1n) is 8.53. The van der Waals surface area contributed by atoms with Gasteiger partial charge in [-0.3, -0.25) is 4.79 Å². The van der Waals surface area contributed by atoms with Crippen LogP contribution in [-0.4, -0.2) is 59.8 Å². The number of aryl methyl sites for hydroxylation is 1. The van der Waals surface area contributed by atoms with Crippen molar-refractivity contribution in [3.05, 3.63) is 48.3 Å². The minimum absolute atomic E-state index is 0.0948. The number of nitrogens with zero attached hydrogens (tertiary/aromatic N) is 3. The van der Waals surface area contributed by atoms with Crippen molar-refractivity contribution >= 4 is 5.91 Å². The Labute approximate surface area is 152 Å². The van der Waals surface area contributed by atoms with Crippen LogP contribution in [0.5, 0.6) is 11.8 Å². The van der Waals surface area contributed by atoms with Crippen molar-refractivity contribution in [2.24, 2.45) is 0 Å². The maximum atomic E-state index is 12.4. The van der Waals surface area contributed by atoms with Crippen LogP contribution in [-0.2, 0) is 9.53 Å². The molecule has 2 heterocycles. The molecule has 2 aromatic rings. The van der Waals surface area contributed by atoms with Gasteiger partial charge in [0.1, 0.15) is 18.0 Å². The van der Waals surface area contributed by atoms with Gasteiger partial charge in [-0.2, -0.15) is 0 Å². The fourth-order valence-corrected chi connectivity index (χ4v) is 2.91. The highest BCUT2D eigenvalue weighted by Crippen LogP contribution is 2.27. The normalized spacial score (nSPS) is 19.4. The Morgan fingerprint density at radius 2 is 1.96 bits per heavy atom. The van der Waals surface area contributed by atoms with Crippen LogP contribution in [0.4, 0.5) is 0 Å². The van der Waals surface area contributed by atoms with Gasteiger partial charge in [-0.25, -0.2) is 9.97 Å². The molecule has 1 atom stereocenters. The van der Waals surface area contributed by atoms with Crippen molar-refractivity contribution < 1.29 is 19.0 Å². The molecule has 138 valence electrons. The second-order valence-electron chi connectivity index (χ2n) is 6.33. The van der Waals surface area contributed by atoms with Gasteiger partial charge in [0, 0.05) is 26.0 Å². The number of ether oxygens (including phenoxy) is 3. The molecular formula is C19H23N3O4. The summed E-state index contributed by atoms with van der Waals surface area (Å²) in [7, 11) is 1.66. The summed E-state index contributed by atoms with van der Waals surface area (Å²) in [6, 6.07) is 9.74. The summed E-state index contributed by atoms with van der Waals surface area (Å²) in [5, 5.41) is 0. The van der Waals surface area contributed by atoms with Crippen LogP contribution in [0.2, 0.25) is 0 Å². The fraction of sp³-hybridized carbons (Fsp3) is 0.421. The van der Waals surface area contributed by atoms with Crippen LogP contribution in [0.15, 0.2) is 42.7 Å². The lowest BCUT2D eigenvalue weighted by atomic mass is 10.0. The van der Waals surface area contributed by atoms with E-state index in [1.807, 2.05) is 31.2 Å². The summed E-state index contributed by atoms with van der Waals surface area (Å²) >= 11 is 0. The number of likely N-dealkylation sites (tertiary alicyclic amines) is 1. The van der Waals surface area contributed by atoms with E-state index in [0.717, 1.165) is 11.3 Å². The number of hydrogen-bond acceptors (Lipinski definition) is 6. The van der Waals surface area contributed by atoms with Crippen LogP contribution in [0.25, 0.3) is 0 Å². The highest BCUT2D eigenvalue weighted by Gasteiger charge is 2.41. The lowest BCUT2D eigenvalue weighted by molar-refractivity contribution is -0.134. The third kappa shape index (κ3) is 4.29. The molecule has 1 saturated heterocycles. The van der Waals surface area contributed by atoms with Crippen LogP contribution in [0.3, 0.4) is 0 Å². The molecule has 0 N–H and O–H groups in total. The number of amides is 1. The molecule has 0 saturated carbocycles. The molecule has 0 radical (unpaired) electrons. The number of benzene rings is 1. The lowest BCUT2D eigenvalue weighted by Gasteiger charge is -2.28. The van der Waals surface area contributed by atoms with E-state index >= 15 is 0 Å². The number of para-hydroxylation sites is 1. The van der Waals surface area contributed by atoms with Crippen LogP contribution in [0.1, 0.15) is 12.0 Å². The lowest BCUT2D eigenvalue weighted by Crippen LogP contribution is -2.43. The van der Waals surface area contributed by atoms with Crippen molar-refractivity contribution in [3.8, 4) is 11.8 Å². The van der Waals surface area contributed by atoms with Gasteiger partial charge >= 0.3 is 6.01 Å². The van der Waals surface area contributed by atoms with Gasteiger partial charge in [0.2, 0.25) is 0 Å². The summed E-state index contributed by atoms with van der Waals surface area (Å²) in [6.45, 7) is 3.36. The minimum atomic E-state index is -0.513. The minimum Gasteiger partial charge on any atom is -0.490 e. The fourth-order valence-electron chi connectivity index (χ4n) is 2.91. The van der Waals surface area contributed by atoms with Gasteiger partial charge in [-0.15, -0.1) is 0 Å². The molecule has 7 nitrogen and oxygen atoms in total. The number of carbonyl (C=O) groups is 1. The van der Waals surface area contributed by atoms with Crippen LogP contribution < -0.4 is 9.47 Å². The zero-order chi connectivity index (χ0) is 18.4. The van der Waals surface area contributed by atoms with E-state index in [2.05, 4.69) is 9.97 Å². The van der Waals surface area contributed by atoms with E-state index in [9.17, 15) is 4.79 Å². The van der Waals surface area contributed by atoms with Crippen LogP contribution >= 0.6 is 0 Å². The molecule has 1 amide bonds. The first kappa shape index (κ1) is 18.1. The second-order valence-corrected chi connectivity index (χ2v) is 6.33. The van der Waals surface area contributed by atoms with Crippen molar-refractivity contribution in [2.45, 2.75) is 18.9 Å². The molecule has 3 rings (SSSR count). The maximum absolute atomic E-state index is 12.4. The molecule has 1 aromatic carbocycles. The van der Waals surface area contributed by atoms with Gasteiger partial charge in [0.25, 0.3) is 5.91 Å². The molecule has 1 fully saturated rings. The summed E-state index contributed by atoms with van der Waals surface area (Å²) < 4.78 is 17.0. The highest BCUT2D eigenvalue weighted by atomic mass is 16.5. The smallest absolute Gasteiger partial charge is 0.316 e. The predicted octanol–water partition coefficient (Wildman–Crippen LogP) is 1.86. The van der Waals surface area contributed by atoms with Gasteiger partial charge in [0.05, 0.1) is 6.54 Å². The van der Waals surface area contributed by atoms with E-state index in [4.69, 9.17) is 14.2 Å². The molecule has 0 spiro atoms. The Balaban J connectivity index is 1.54. The number of rotatable bonds is 7. The summed E-state index contributed by atoms with van der Waals surface area (Å²) in [5.74, 6) is 0.713. The Morgan fingerprint density at radius 3 is 2.69 bits per heavy atom. The highest BCUT2D eigenvalue weighted by molar-refractivity contribution is 5.78. The van der Waals surface area contributed by atoms with E-state index in [1.165, 1.54) is 0 Å². The van der Waals surface area contributed by atoms with E-state index in [1.54, 1.807) is 30.5 Å². The van der Waals surface area contributed by atoms with Crippen molar-refractivity contribution in [3.63, 3.8) is 0 Å². The van der Waals surface area contributed by atoms with E-state index in [-0.39, 0.29) is 18.5 Å². The molecule has 1 aliphatic rings. The zero-order valence-corrected chi connectivity index (χ0v) is 15.1. The standard InChI is InChI=1S/C19H23N3O4/c1-15-6-3-4-7-16(15)26-14-19(24-2)8-11-22(13-19)17(23)12-25-18-20-9-5-10-21-18/h3-7,9-10H,8,11-14H2,1-2H3/t19-/m1/s1. The Morgan fingerprint density at radius 1 is 1.19 bits per heavy atom. The average molecular weight is 357 g/mol. The third-order valence-corrected chi connectivity index (χ3v) is 4.55. The van der Waals surface area contributed by atoms with Gasteiger partial charge in [-0.05, 0) is 31.0 Å². The summed E-state index contributed by atoms with van der Waals surface area (Å²) in [5.41, 5.74) is 0.558. The second kappa shape index (κ2) is 8.14. The Hall–Kier alpha value is -2.67. The largest absolute Gasteiger partial charge is 0.490 e. The molecule has 0 aliphatic carbocycles. The number of methoxy groups -OCH3 is 1.